The van der Waals surface area contributed by atoms with Crippen molar-refractivity contribution in [2.45, 2.75) is 62.9 Å². The van der Waals surface area contributed by atoms with Crippen LogP contribution in [0.1, 0.15) is 53.6 Å². The molecule has 3 saturated heterocycles. The summed E-state index contributed by atoms with van der Waals surface area (Å²) in [6.07, 6.45) is 3.67. The minimum Gasteiger partial charge on any atom is -0.373 e. The molecule has 5 rings (SSSR count). The Morgan fingerprint density at radius 1 is 1.17 bits per heavy atom. The third-order valence-corrected chi connectivity index (χ3v) is 7.10. The molecule has 3 N–H and O–H groups in total. The van der Waals surface area contributed by atoms with E-state index < -0.39 is 6.04 Å². The van der Waals surface area contributed by atoms with Gasteiger partial charge in [0.15, 0.2) is 0 Å². The van der Waals surface area contributed by atoms with Crippen LogP contribution in [-0.4, -0.2) is 60.0 Å². The topological polar surface area (TPSA) is 99.8 Å². The molecule has 0 bridgehead atoms. The normalized spacial score (nSPS) is 28.1. The fourth-order valence-corrected chi connectivity index (χ4v) is 5.42. The maximum atomic E-state index is 13.0. The zero-order valence-corrected chi connectivity index (χ0v) is 17.0. The van der Waals surface area contributed by atoms with Gasteiger partial charge in [-0.2, -0.15) is 0 Å². The number of nitrogens with zero attached hydrogens (tertiary/aromatic N) is 1. The van der Waals surface area contributed by atoms with E-state index in [0.29, 0.717) is 31.1 Å². The molecule has 4 heterocycles. The number of amides is 3. The van der Waals surface area contributed by atoms with Gasteiger partial charge >= 0.3 is 0 Å². The summed E-state index contributed by atoms with van der Waals surface area (Å²) < 4.78 is 6.17. The fraction of sp³-hybridized carbons (Fsp3) is 0.591. The van der Waals surface area contributed by atoms with Crippen molar-refractivity contribution in [3.05, 3.63) is 34.9 Å². The van der Waals surface area contributed by atoms with Crippen molar-refractivity contribution >= 4 is 17.7 Å². The van der Waals surface area contributed by atoms with Crippen LogP contribution in [-0.2, 0) is 27.4 Å². The smallest absolute Gasteiger partial charge is 0.255 e. The average molecular weight is 412 g/mol. The Morgan fingerprint density at radius 2 is 2.00 bits per heavy atom. The van der Waals surface area contributed by atoms with Crippen LogP contribution in [0.5, 0.6) is 0 Å². The molecule has 3 amide bonds. The Kier molecular flexibility index (Phi) is 5.08. The summed E-state index contributed by atoms with van der Waals surface area (Å²) in [5.41, 5.74) is 2.65. The zero-order chi connectivity index (χ0) is 20.7. The number of imide groups is 1. The molecule has 0 aliphatic carbocycles. The van der Waals surface area contributed by atoms with Gasteiger partial charge < -0.3 is 20.3 Å². The van der Waals surface area contributed by atoms with Gasteiger partial charge in [-0.15, -0.1) is 0 Å². The molecule has 2 unspecified atom stereocenters. The molecular formula is C22H28N4O4. The van der Waals surface area contributed by atoms with E-state index in [1.165, 1.54) is 0 Å². The van der Waals surface area contributed by atoms with Crippen molar-refractivity contribution < 1.29 is 19.1 Å². The number of piperidine rings is 2. The van der Waals surface area contributed by atoms with E-state index in [4.69, 9.17) is 4.74 Å². The monoisotopic (exact) mass is 412 g/mol. The number of ether oxygens (including phenoxy) is 1. The lowest BCUT2D eigenvalue weighted by Gasteiger charge is -2.38. The molecule has 30 heavy (non-hydrogen) atoms. The predicted octanol–water partition coefficient (Wildman–Crippen LogP) is 0.448. The molecule has 160 valence electrons. The van der Waals surface area contributed by atoms with E-state index in [9.17, 15) is 14.4 Å². The van der Waals surface area contributed by atoms with Crippen LogP contribution in [0.4, 0.5) is 0 Å². The van der Waals surface area contributed by atoms with Crippen molar-refractivity contribution in [2.75, 3.05) is 19.7 Å². The molecule has 4 aliphatic heterocycles. The Morgan fingerprint density at radius 3 is 2.80 bits per heavy atom. The van der Waals surface area contributed by atoms with Crippen molar-refractivity contribution in [1.82, 2.24) is 20.9 Å². The second-order valence-electron chi connectivity index (χ2n) is 8.73. The summed E-state index contributed by atoms with van der Waals surface area (Å²) in [4.78, 5) is 38.4. The van der Waals surface area contributed by atoms with Gasteiger partial charge in [0.25, 0.3) is 5.91 Å². The highest BCUT2D eigenvalue weighted by atomic mass is 16.5. The minimum atomic E-state index is -0.579. The second kappa shape index (κ2) is 7.76. The molecule has 1 aromatic carbocycles. The van der Waals surface area contributed by atoms with E-state index in [1.807, 2.05) is 12.1 Å². The second-order valence-corrected chi connectivity index (χ2v) is 8.73. The first-order valence-corrected chi connectivity index (χ1v) is 10.9. The summed E-state index contributed by atoms with van der Waals surface area (Å²) >= 11 is 0. The van der Waals surface area contributed by atoms with Crippen LogP contribution in [0.2, 0.25) is 0 Å². The third-order valence-electron chi connectivity index (χ3n) is 7.10. The molecule has 1 aromatic rings. The number of hydrogen-bond acceptors (Lipinski definition) is 6. The fourth-order valence-electron chi connectivity index (χ4n) is 5.42. The van der Waals surface area contributed by atoms with Crippen LogP contribution in [0.15, 0.2) is 18.2 Å². The largest absolute Gasteiger partial charge is 0.373 e. The van der Waals surface area contributed by atoms with E-state index >= 15 is 0 Å². The highest BCUT2D eigenvalue weighted by Crippen LogP contribution is 2.35. The van der Waals surface area contributed by atoms with E-state index in [0.717, 1.165) is 50.1 Å². The quantitative estimate of drug-likeness (QED) is 0.621. The average Bonchev–Trinajstić information content (AvgIpc) is 3.28. The SMILES string of the molecule is O=C1CCC(N2Cc3c(CNC4CCOC45CCNCC5)cccc3C2=O)C(=O)N1. The predicted molar refractivity (Wildman–Crippen MR) is 109 cm³/mol. The summed E-state index contributed by atoms with van der Waals surface area (Å²) in [6.45, 7) is 3.83. The number of fused-ring (bicyclic) bond motifs is 1. The van der Waals surface area contributed by atoms with Gasteiger partial charge in [-0.05, 0) is 56.0 Å². The summed E-state index contributed by atoms with van der Waals surface area (Å²) in [5, 5.41) is 9.47. The number of carbonyl (C=O) groups is 3. The zero-order valence-electron chi connectivity index (χ0n) is 17.0. The van der Waals surface area contributed by atoms with Gasteiger partial charge in [0.05, 0.1) is 5.60 Å². The summed E-state index contributed by atoms with van der Waals surface area (Å²) in [5.74, 6) is -0.765. The van der Waals surface area contributed by atoms with Gasteiger partial charge in [0, 0.05) is 37.7 Å². The van der Waals surface area contributed by atoms with E-state index in [2.05, 4.69) is 22.0 Å². The molecule has 2 atom stereocenters. The van der Waals surface area contributed by atoms with Gasteiger partial charge in [0.2, 0.25) is 11.8 Å². The van der Waals surface area contributed by atoms with Crippen LogP contribution < -0.4 is 16.0 Å². The summed E-state index contributed by atoms with van der Waals surface area (Å²) in [6, 6.07) is 5.52. The Balaban J connectivity index is 1.31. The van der Waals surface area contributed by atoms with Gasteiger partial charge in [-0.3, -0.25) is 19.7 Å². The molecule has 3 fully saturated rings. The standard InChI is InChI=1S/C22H28N4O4/c27-19-5-4-17(20(28)25-19)26-13-16-14(2-1-3-15(16)21(26)29)12-24-18-6-11-30-22(18)7-9-23-10-8-22/h1-3,17-18,23-24H,4-13H2,(H,25,27,28). The number of benzene rings is 1. The van der Waals surface area contributed by atoms with Gasteiger partial charge in [0.1, 0.15) is 6.04 Å². The van der Waals surface area contributed by atoms with E-state index in [1.54, 1.807) is 4.90 Å². The van der Waals surface area contributed by atoms with Gasteiger partial charge in [-0.1, -0.05) is 12.1 Å². The lowest BCUT2D eigenvalue weighted by atomic mass is 9.85. The Labute approximate surface area is 175 Å². The Hall–Kier alpha value is -2.29. The number of hydrogen-bond donors (Lipinski definition) is 3. The van der Waals surface area contributed by atoms with Crippen molar-refractivity contribution in [1.29, 1.82) is 0 Å². The van der Waals surface area contributed by atoms with E-state index in [-0.39, 0.29) is 29.7 Å². The molecule has 0 aromatic heterocycles. The highest BCUT2D eigenvalue weighted by molar-refractivity contribution is 6.05. The lowest BCUT2D eigenvalue weighted by Crippen LogP contribution is -2.53. The number of carbonyl (C=O) groups excluding carboxylic acids is 3. The third kappa shape index (κ3) is 3.33. The first-order valence-electron chi connectivity index (χ1n) is 10.9. The molecule has 8 nitrogen and oxygen atoms in total. The first kappa shape index (κ1) is 19.7. The first-order chi connectivity index (χ1) is 14.6. The Bertz CT molecular complexity index is 880. The minimum absolute atomic E-state index is 0.0855. The number of nitrogens with one attached hydrogen (secondary N) is 3. The molecular weight excluding hydrogens is 384 g/mol. The van der Waals surface area contributed by atoms with Crippen LogP contribution in [0.3, 0.4) is 0 Å². The van der Waals surface area contributed by atoms with Gasteiger partial charge in [-0.25, -0.2) is 0 Å². The van der Waals surface area contributed by atoms with Crippen LogP contribution >= 0.6 is 0 Å². The number of rotatable bonds is 4. The van der Waals surface area contributed by atoms with Crippen LogP contribution in [0, 0.1) is 0 Å². The molecule has 1 spiro atoms. The maximum Gasteiger partial charge on any atom is 0.255 e. The molecule has 0 radical (unpaired) electrons. The lowest BCUT2D eigenvalue weighted by molar-refractivity contribution is -0.136. The van der Waals surface area contributed by atoms with Crippen molar-refractivity contribution in [3.8, 4) is 0 Å². The van der Waals surface area contributed by atoms with Crippen molar-refractivity contribution in [3.63, 3.8) is 0 Å². The molecule has 4 aliphatic rings. The summed E-state index contributed by atoms with van der Waals surface area (Å²) in [7, 11) is 0. The van der Waals surface area contributed by atoms with Crippen LogP contribution in [0.25, 0.3) is 0 Å². The highest BCUT2D eigenvalue weighted by Gasteiger charge is 2.45. The maximum absolute atomic E-state index is 13.0. The molecule has 8 heteroatoms. The van der Waals surface area contributed by atoms with Crippen molar-refractivity contribution in [2.24, 2.45) is 0 Å². The molecule has 0 saturated carbocycles.